The Balaban J connectivity index is 1.73. The number of rotatable bonds is 0. The number of amides is 1. The highest BCUT2D eigenvalue weighted by Gasteiger charge is 2.66. The van der Waals surface area contributed by atoms with Crippen LogP contribution in [0.3, 0.4) is 0 Å². The Labute approximate surface area is 140 Å². The summed E-state index contributed by atoms with van der Waals surface area (Å²) < 4.78 is 11.3. The monoisotopic (exact) mass is 327 g/mol. The zero-order valence-electron chi connectivity index (χ0n) is 14.0. The Kier molecular flexibility index (Phi) is 2.70. The summed E-state index contributed by atoms with van der Waals surface area (Å²) in [5, 5.41) is 0. The maximum Gasteiger partial charge on any atom is 0.409 e. The molecule has 5 rings (SSSR count). The van der Waals surface area contributed by atoms with Gasteiger partial charge in [0, 0.05) is 30.0 Å². The predicted octanol–water partition coefficient (Wildman–Crippen LogP) is 2.37. The molecule has 2 aliphatic carbocycles. The molecule has 2 bridgehead atoms. The fraction of sp³-hybridized carbons (Fsp3) is 0.579. The Hall–Kier alpha value is -2.04. The van der Waals surface area contributed by atoms with Crippen LogP contribution < -0.4 is 4.74 Å². The van der Waals surface area contributed by atoms with Crippen LogP contribution in [-0.4, -0.2) is 42.6 Å². The van der Waals surface area contributed by atoms with Gasteiger partial charge >= 0.3 is 6.09 Å². The normalized spacial score (nSPS) is 35.3. The lowest BCUT2D eigenvalue weighted by Gasteiger charge is -2.57. The van der Waals surface area contributed by atoms with Gasteiger partial charge in [0.15, 0.2) is 11.9 Å². The van der Waals surface area contributed by atoms with Crippen LogP contribution in [0, 0.1) is 12.8 Å². The van der Waals surface area contributed by atoms with Crippen molar-refractivity contribution in [2.75, 3.05) is 13.7 Å². The van der Waals surface area contributed by atoms with E-state index in [0.29, 0.717) is 13.0 Å². The number of ether oxygens (including phenoxy) is 2. The summed E-state index contributed by atoms with van der Waals surface area (Å²) in [7, 11) is 1.44. The number of carbonyl (C=O) groups is 2. The second-order valence-corrected chi connectivity index (χ2v) is 7.58. The lowest BCUT2D eigenvalue weighted by molar-refractivity contribution is -0.137. The molecule has 1 amide bonds. The molecule has 1 aromatic rings. The largest absolute Gasteiger partial charge is 0.481 e. The van der Waals surface area contributed by atoms with Crippen LogP contribution in [0.15, 0.2) is 12.1 Å². The average molecular weight is 327 g/mol. The molecule has 1 spiro atoms. The molecule has 4 aliphatic rings. The topological polar surface area (TPSA) is 55.8 Å². The summed E-state index contributed by atoms with van der Waals surface area (Å²) in [5.74, 6) is 1.44. The first-order valence-corrected chi connectivity index (χ1v) is 8.75. The average Bonchev–Trinajstić information content (AvgIpc) is 2.93. The highest BCUT2D eigenvalue weighted by Crippen LogP contribution is 2.62. The summed E-state index contributed by atoms with van der Waals surface area (Å²) in [6.07, 6.45) is 2.37. The summed E-state index contributed by atoms with van der Waals surface area (Å²) in [6.45, 7) is 2.69. The molecule has 1 saturated heterocycles. The van der Waals surface area contributed by atoms with Gasteiger partial charge in [-0.1, -0.05) is 12.1 Å². The molecule has 2 heterocycles. The second kappa shape index (κ2) is 4.52. The Morgan fingerprint density at radius 1 is 1.42 bits per heavy atom. The number of carbonyl (C=O) groups excluding carboxylic acids is 2. The molecule has 0 aromatic heterocycles. The Morgan fingerprint density at radius 3 is 3.04 bits per heavy atom. The number of likely N-dealkylation sites (tertiary alicyclic amines) is 1. The number of Topliss-reactive ketones (excluding diaryl/α,β-unsaturated/α-hetero) is 1. The fourth-order valence-corrected chi connectivity index (χ4v) is 5.82. The molecular formula is C19H21NO4. The van der Waals surface area contributed by atoms with Gasteiger partial charge in [0.2, 0.25) is 0 Å². The van der Waals surface area contributed by atoms with Gasteiger partial charge in [-0.05, 0) is 43.2 Å². The second-order valence-electron chi connectivity index (χ2n) is 7.58. The van der Waals surface area contributed by atoms with Crippen LogP contribution in [0.1, 0.15) is 36.0 Å². The highest BCUT2D eigenvalue weighted by atomic mass is 16.5. The van der Waals surface area contributed by atoms with Gasteiger partial charge < -0.3 is 14.4 Å². The summed E-state index contributed by atoms with van der Waals surface area (Å²) >= 11 is 0. The number of hydrogen-bond acceptors (Lipinski definition) is 4. The minimum atomic E-state index is -0.367. The van der Waals surface area contributed by atoms with Gasteiger partial charge in [-0.3, -0.25) is 4.79 Å². The number of hydrogen-bond donors (Lipinski definition) is 0. The van der Waals surface area contributed by atoms with Crippen LogP contribution in [0.2, 0.25) is 0 Å². The van der Waals surface area contributed by atoms with Crippen LogP contribution >= 0.6 is 0 Å². The highest BCUT2D eigenvalue weighted by molar-refractivity contribution is 5.89. The van der Waals surface area contributed by atoms with Crippen molar-refractivity contribution in [1.29, 1.82) is 0 Å². The van der Waals surface area contributed by atoms with Crippen molar-refractivity contribution in [2.45, 2.75) is 50.2 Å². The minimum Gasteiger partial charge on any atom is -0.481 e. The molecule has 1 unspecified atom stereocenters. The number of ketones is 1. The first-order chi connectivity index (χ1) is 11.6. The zero-order valence-corrected chi connectivity index (χ0v) is 14.0. The Bertz CT molecular complexity index is 773. The van der Waals surface area contributed by atoms with Gasteiger partial charge in [-0.15, -0.1) is 0 Å². The SMILES string of the molecule is COC(=O)N1CC[C@]23c4c5ccc(C)c4O[C@H]2C(=O)CCC3[C@H]1C5. The first kappa shape index (κ1) is 14.3. The van der Waals surface area contributed by atoms with Crippen molar-refractivity contribution in [2.24, 2.45) is 5.92 Å². The molecule has 0 radical (unpaired) electrons. The van der Waals surface area contributed by atoms with Crippen molar-refractivity contribution < 1.29 is 19.1 Å². The van der Waals surface area contributed by atoms with Gasteiger partial charge in [-0.2, -0.15) is 0 Å². The van der Waals surface area contributed by atoms with Crippen molar-refractivity contribution in [3.8, 4) is 5.75 Å². The van der Waals surface area contributed by atoms with Crippen molar-refractivity contribution in [3.05, 3.63) is 28.8 Å². The van der Waals surface area contributed by atoms with E-state index in [2.05, 4.69) is 19.1 Å². The number of nitrogens with zero attached hydrogens (tertiary/aromatic N) is 1. The summed E-state index contributed by atoms with van der Waals surface area (Å²) in [6, 6.07) is 4.34. The maximum absolute atomic E-state index is 12.7. The number of methoxy groups -OCH3 is 1. The van der Waals surface area contributed by atoms with E-state index in [1.807, 2.05) is 4.90 Å². The molecule has 1 saturated carbocycles. The summed E-state index contributed by atoms with van der Waals surface area (Å²) in [5.41, 5.74) is 3.38. The molecule has 1 aromatic carbocycles. The predicted molar refractivity (Wildman–Crippen MR) is 86.2 cm³/mol. The Morgan fingerprint density at radius 2 is 2.25 bits per heavy atom. The molecule has 5 nitrogen and oxygen atoms in total. The van der Waals surface area contributed by atoms with Crippen LogP contribution in [0.4, 0.5) is 4.79 Å². The third kappa shape index (κ3) is 1.47. The van der Waals surface area contributed by atoms with Gasteiger partial charge in [0.1, 0.15) is 5.75 Å². The van der Waals surface area contributed by atoms with Crippen LogP contribution in [-0.2, 0) is 21.4 Å². The maximum atomic E-state index is 12.7. The third-order valence-electron chi connectivity index (χ3n) is 6.74. The molecular weight excluding hydrogens is 306 g/mol. The van der Waals surface area contributed by atoms with Crippen molar-refractivity contribution >= 4 is 11.9 Å². The molecule has 2 aliphatic heterocycles. The zero-order chi connectivity index (χ0) is 16.6. The lowest BCUT2D eigenvalue weighted by Crippen LogP contribution is -2.66. The number of piperidine rings is 1. The molecule has 2 fully saturated rings. The van der Waals surface area contributed by atoms with Crippen LogP contribution in [0.5, 0.6) is 5.75 Å². The van der Waals surface area contributed by atoms with Crippen LogP contribution in [0.25, 0.3) is 0 Å². The summed E-state index contributed by atoms with van der Waals surface area (Å²) in [4.78, 5) is 26.8. The van der Waals surface area contributed by atoms with E-state index in [9.17, 15) is 9.59 Å². The van der Waals surface area contributed by atoms with Gasteiger partial charge in [0.05, 0.1) is 7.11 Å². The van der Waals surface area contributed by atoms with Crippen molar-refractivity contribution in [1.82, 2.24) is 4.90 Å². The van der Waals surface area contributed by atoms with E-state index in [1.54, 1.807) is 0 Å². The number of benzene rings is 1. The first-order valence-electron chi connectivity index (χ1n) is 8.75. The minimum absolute atomic E-state index is 0.103. The van der Waals surface area contributed by atoms with E-state index in [4.69, 9.17) is 9.47 Å². The van der Waals surface area contributed by atoms with Crippen molar-refractivity contribution in [3.63, 3.8) is 0 Å². The quantitative estimate of drug-likeness (QED) is 0.734. The molecule has 4 atom stereocenters. The van der Waals surface area contributed by atoms with E-state index in [1.165, 1.54) is 18.2 Å². The smallest absolute Gasteiger partial charge is 0.409 e. The fourth-order valence-electron chi connectivity index (χ4n) is 5.82. The molecule has 0 N–H and O–H groups in total. The number of aryl methyl sites for hydroxylation is 1. The molecule has 24 heavy (non-hydrogen) atoms. The van der Waals surface area contributed by atoms with Gasteiger partial charge in [-0.25, -0.2) is 4.79 Å². The van der Waals surface area contributed by atoms with E-state index >= 15 is 0 Å². The molecule has 126 valence electrons. The van der Waals surface area contributed by atoms with E-state index < -0.39 is 0 Å². The standard InChI is InChI=1S/C19H21NO4/c1-10-3-4-11-9-13-12-5-6-14(21)17-19(12,15(11)16(10)24-17)7-8-20(13)18(22)23-2/h3-4,12-13,17H,5-9H2,1-2H3/t12?,13-,17+,19+/m1/s1. The third-order valence-corrected chi connectivity index (χ3v) is 6.74. The lowest BCUT2D eigenvalue weighted by atomic mass is 9.51. The van der Waals surface area contributed by atoms with E-state index in [0.717, 1.165) is 30.6 Å². The van der Waals surface area contributed by atoms with E-state index in [-0.39, 0.29) is 35.4 Å². The van der Waals surface area contributed by atoms with Gasteiger partial charge in [0.25, 0.3) is 0 Å². The molecule has 5 heteroatoms.